The molecule has 0 aliphatic heterocycles. The molecule has 0 amide bonds. The summed E-state index contributed by atoms with van der Waals surface area (Å²) < 4.78 is 57.2. The second kappa shape index (κ2) is 16.5. The molecule has 0 aliphatic rings. The SMILES string of the molecule is CCCCCCCCC(CCCCc1cccc(C(F)(F)F)c1)C(OCC)(OCC)OCC. The van der Waals surface area contributed by atoms with Gasteiger partial charge in [0.05, 0.1) is 5.56 Å². The molecular weight excluding hydrogens is 429 g/mol. The van der Waals surface area contributed by atoms with Crippen LogP contribution in [0, 0.1) is 5.92 Å². The van der Waals surface area contributed by atoms with Gasteiger partial charge in [0, 0.05) is 25.7 Å². The number of alkyl halides is 3. The monoisotopic (exact) mass is 474 g/mol. The van der Waals surface area contributed by atoms with E-state index in [2.05, 4.69) is 6.92 Å². The van der Waals surface area contributed by atoms with Crippen molar-refractivity contribution in [3.05, 3.63) is 35.4 Å². The largest absolute Gasteiger partial charge is 0.416 e. The van der Waals surface area contributed by atoms with Crippen molar-refractivity contribution in [2.24, 2.45) is 5.92 Å². The molecule has 0 bridgehead atoms. The quantitative estimate of drug-likeness (QED) is 0.148. The fourth-order valence-corrected chi connectivity index (χ4v) is 4.37. The minimum atomic E-state index is -4.30. The lowest BCUT2D eigenvalue weighted by Gasteiger charge is -2.39. The van der Waals surface area contributed by atoms with Crippen molar-refractivity contribution >= 4 is 0 Å². The fourth-order valence-electron chi connectivity index (χ4n) is 4.37. The summed E-state index contributed by atoms with van der Waals surface area (Å²) in [6, 6.07) is 5.65. The van der Waals surface area contributed by atoms with Gasteiger partial charge in [0.1, 0.15) is 0 Å². The second-order valence-electron chi connectivity index (χ2n) is 8.60. The van der Waals surface area contributed by atoms with Crippen LogP contribution in [0.2, 0.25) is 0 Å². The van der Waals surface area contributed by atoms with Gasteiger partial charge in [0.25, 0.3) is 5.97 Å². The molecular formula is C27H45F3O3. The van der Waals surface area contributed by atoms with E-state index in [1.165, 1.54) is 44.2 Å². The number of rotatable bonds is 19. The molecule has 6 heteroatoms. The lowest BCUT2D eigenvalue weighted by Crippen LogP contribution is -2.46. The van der Waals surface area contributed by atoms with Crippen molar-refractivity contribution in [2.45, 2.75) is 110 Å². The molecule has 0 spiro atoms. The topological polar surface area (TPSA) is 27.7 Å². The molecule has 3 nitrogen and oxygen atoms in total. The average molecular weight is 475 g/mol. The smallest absolute Gasteiger partial charge is 0.328 e. The van der Waals surface area contributed by atoms with Gasteiger partial charge in [0.15, 0.2) is 0 Å². The summed E-state index contributed by atoms with van der Waals surface area (Å²) in [7, 11) is 0. The first kappa shape index (κ1) is 29.9. The first-order chi connectivity index (χ1) is 15.8. The highest BCUT2D eigenvalue weighted by Gasteiger charge is 2.41. The molecule has 0 saturated heterocycles. The Morgan fingerprint density at radius 2 is 1.27 bits per heavy atom. The van der Waals surface area contributed by atoms with E-state index in [-0.39, 0.29) is 5.92 Å². The highest BCUT2D eigenvalue weighted by Crippen LogP contribution is 2.35. The molecule has 0 aromatic heterocycles. The van der Waals surface area contributed by atoms with E-state index < -0.39 is 17.7 Å². The number of hydrogen-bond donors (Lipinski definition) is 0. The first-order valence-corrected chi connectivity index (χ1v) is 12.9. The van der Waals surface area contributed by atoms with Gasteiger partial charge >= 0.3 is 6.18 Å². The standard InChI is InChI=1S/C27H45F3O3/c1-5-9-10-11-12-13-19-24(27(31-6-2,32-7-3)33-8-4)20-15-14-17-23-18-16-21-25(22-23)26(28,29)30/h16,18,21-22,24H,5-15,17,19-20H2,1-4H3. The van der Waals surface area contributed by atoms with Crippen molar-refractivity contribution in [3.63, 3.8) is 0 Å². The van der Waals surface area contributed by atoms with E-state index in [4.69, 9.17) is 14.2 Å². The molecule has 1 rings (SSSR count). The molecule has 192 valence electrons. The number of halogens is 3. The van der Waals surface area contributed by atoms with Crippen LogP contribution in [0.25, 0.3) is 0 Å². The second-order valence-corrected chi connectivity index (χ2v) is 8.60. The highest BCUT2D eigenvalue weighted by molar-refractivity contribution is 5.25. The van der Waals surface area contributed by atoms with Gasteiger partial charge in [0.2, 0.25) is 0 Å². The third kappa shape index (κ3) is 11.2. The summed E-state index contributed by atoms with van der Waals surface area (Å²) in [6.45, 7) is 9.55. The van der Waals surface area contributed by atoms with Crippen LogP contribution in [0.4, 0.5) is 13.2 Å². The number of ether oxygens (including phenoxy) is 3. The Morgan fingerprint density at radius 3 is 1.82 bits per heavy atom. The Kier molecular flexibility index (Phi) is 15.0. The Bertz CT molecular complexity index is 602. The van der Waals surface area contributed by atoms with Crippen molar-refractivity contribution in [1.82, 2.24) is 0 Å². The lowest BCUT2D eigenvalue weighted by atomic mass is 9.91. The lowest BCUT2D eigenvalue weighted by molar-refractivity contribution is -0.403. The zero-order valence-electron chi connectivity index (χ0n) is 21.1. The number of aryl methyl sites for hydroxylation is 1. The van der Waals surface area contributed by atoms with Crippen LogP contribution >= 0.6 is 0 Å². The van der Waals surface area contributed by atoms with Gasteiger partial charge in [-0.25, -0.2) is 0 Å². The maximum atomic E-state index is 13.0. The van der Waals surface area contributed by atoms with E-state index >= 15 is 0 Å². The van der Waals surface area contributed by atoms with E-state index in [1.807, 2.05) is 20.8 Å². The molecule has 0 heterocycles. The normalized spacial score (nSPS) is 13.4. The van der Waals surface area contributed by atoms with Crippen LogP contribution < -0.4 is 0 Å². The first-order valence-electron chi connectivity index (χ1n) is 12.9. The van der Waals surface area contributed by atoms with Gasteiger partial charge in [-0.1, -0.05) is 70.1 Å². The molecule has 0 aliphatic carbocycles. The average Bonchev–Trinajstić information content (AvgIpc) is 2.77. The Morgan fingerprint density at radius 1 is 0.727 bits per heavy atom. The highest BCUT2D eigenvalue weighted by atomic mass is 19.4. The molecule has 1 unspecified atom stereocenters. The molecule has 1 aromatic carbocycles. The molecule has 0 saturated carbocycles. The molecule has 1 aromatic rings. The molecule has 0 fully saturated rings. The minimum Gasteiger partial charge on any atom is -0.328 e. The fraction of sp³-hybridized carbons (Fsp3) is 0.778. The molecule has 33 heavy (non-hydrogen) atoms. The van der Waals surface area contributed by atoms with Crippen molar-refractivity contribution in [1.29, 1.82) is 0 Å². The molecule has 1 atom stereocenters. The van der Waals surface area contributed by atoms with E-state index in [9.17, 15) is 13.2 Å². The summed E-state index contributed by atoms with van der Waals surface area (Å²) in [5, 5.41) is 0. The zero-order chi connectivity index (χ0) is 24.6. The predicted octanol–water partition coefficient (Wildman–Crippen LogP) is 8.55. The summed E-state index contributed by atoms with van der Waals surface area (Å²) in [6.07, 6.45) is 7.12. The number of benzene rings is 1. The maximum Gasteiger partial charge on any atom is 0.416 e. The molecule has 0 N–H and O–H groups in total. The third-order valence-electron chi connectivity index (χ3n) is 5.97. The van der Waals surface area contributed by atoms with Crippen molar-refractivity contribution in [3.8, 4) is 0 Å². The van der Waals surface area contributed by atoms with Crippen molar-refractivity contribution < 1.29 is 27.4 Å². The van der Waals surface area contributed by atoms with Crippen LogP contribution in [0.3, 0.4) is 0 Å². The molecule has 0 radical (unpaired) electrons. The van der Waals surface area contributed by atoms with Crippen LogP contribution in [0.15, 0.2) is 24.3 Å². The number of unbranched alkanes of at least 4 members (excludes halogenated alkanes) is 6. The van der Waals surface area contributed by atoms with Gasteiger partial charge in [-0.2, -0.15) is 13.2 Å². The van der Waals surface area contributed by atoms with Gasteiger partial charge in [-0.15, -0.1) is 0 Å². The van der Waals surface area contributed by atoms with Gasteiger partial charge in [-0.3, -0.25) is 0 Å². The summed E-state index contributed by atoms with van der Waals surface area (Å²) in [4.78, 5) is 0. The Balaban J connectivity index is 2.75. The van der Waals surface area contributed by atoms with Crippen molar-refractivity contribution in [2.75, 3.05) is 19.8 Å². The van der Waals surface area contributed by atoms with E-state index in [1.54, 1.807) is 6.07 Å². The minimum absolute atomic E-state index is 0.0880. The Labute approximate surface area is 199 Å². The van der Waals surface area contributed by atoms with E-state index in [0.29, 0.717) is 26.2 Å². The zero-order valence-corrected chi connectivity index (χ0v) is 21.1. The number of hydrogen-bond acceptors (Lipinski definition) is 3. The van der Waals surface area contributed by atoms with Crippen LogP contribution in [-0.4, -0.2) is 25.8 Å². The summed E-state index contributed by atoms with van der Waals surface area (Å²) in [5.74, 6) is -0.956. The summed E-state index contributed by atoms with van der Waals surface area (Å²) >= 11 is 0. The predicted molar refractivity (Wildman–Crippen MR) is 128 cm³/mol. The van der Waals surface area contributed by atoms with Gasteiger partial charge < -0.3 is 14.2 Å². The van der Waals surface area contributed by atoms with Crippen LogP contribution in [0.5, 0.6) is 0 Å². The van der Waals surface area contributed by atoms with E-state index in [0.717, 1.165) is 43.7 Å². The Hall–Kier alpha value is -1.11. The summed E-state index contributed by atoms with van der Waals surface area (Å²) in [5.41, 5.74) is 0.145. The van der Waals surface area contributed by atoms with Crippen LogP contribution in [-0.2, 0) is 26.8 Å². The third-order valence-corrected chi connectivity index (χ3v) is 5.97. The maximum absolute atomic E-state index is 13.0. The van der Waals surface area contributed by atoms with Crippen LogP contribution in [0.1, 0.15) is 103 Å². The van der Waals surface area contributed by atoms with Gasteiger partial charge in [-0.05, 0) is 58.1 Å².